The molecule has 0 radical (unpaired) electrons. The van der Waals surface area contributed by atoms with Crippen molar-refractivity contribution in [1.82, 2.24) is 10.2 Å². The number of hydrogen-bond donors (Lipinski definition) is 1. The molecule has 0 unspecified atom stereocenters. The highest BCUT2D eigenvalue weighted by Crippen LogP contribution is 2.60. The van der Waals surface area contributed by atoms with Gasteiger partial charge in [0.15, 0.2) is 0 Å². The number of nitrogens with zero attached hydrogens (tertiary/aromatic N) is 1. The third-order valence-corrected chi connectivity index (χ3v) is 9.30. The van der Waals surface area contributed by atoms with E-state index in [9.17, 15) is 14.4 Å². The van der Waals surface area contributed by atoms with E-state index in [0.717, 1.165) is 12.0 Å². The molecule has 1 aromatic rings. The van der Waals surface area contributed by atoms with E-state index < -0.39 is 6.04 Å². The summed E-state index contributed by atoms with van der Waals surface area (Å²) >= 11 is 7.35. The summed E-state index contributed by atoms with van der Waals surface area (Å²) in [4.78, 5) is 40.1. The van der Waals surface area contributed by atoms with E-state index in [2.05, 4.69) is 37.2 Å². The van der Waals surface area contributed by atoms with Crippen molar-refractivity contribution in [3.8, 4) is 0 Å². The van der Waals surface area contributed by atoms with Gasteiger partial charge in [-0.05, 0) is 30.7 Å². The highest BCUT2D eigenvalue weighted by Gasteiger charge is 2.67. The summed E-state index contributed by atoms with van der Waals surface area (Å²) in [6, 6.07) is 8.78. The van der Waals surface area contributed by atoms with Crippen molar-refractivity contribution in [2.45, 2.75) is 35.6 Å². The largest absolute Gasteiger partial charge is 0.350 e. The van der Waals surface area contributed by atoms with E-state index in [1.807, 2.05) is 30.3 Å². The number of amides is 3. The van der Waals surface area contributed by atoms with E-state index in [-0.39, 0.29) is 51.0 Å². The van der Waals surface area contributed by atoms with Crippen LogP contribution >= 0.6 is 31.9 Å². The molecule has 0 spiro atoms. The van der Waals surface area contributed by atoms with Crippen LogP contribution in [0.5, 0.6) is 0 Å². The van der Waals surface area contributed by atoms with Crippen LogP contribution in [0.2, 0.25) is 0 Å². The highest BCUT2D eigenvalue weighted by atomic mass is 79.9. The van der Waals surface area contributed by atoms with E-state index in [4.69, 9.17) is 0 Å². The van der Waals surface area contributed by atoms with Gasteiger partial charge in [0, 0.05) is 16.2 Å². The van der Waals surface area contributed by atoms with Crippen LogP contribution in [-0.2, 0) is 20.9 Å². The number of rotatable bonds is 4. The third-order valence-electron chi connectivity index (χ3n) is 6.10. The minimum atomic E-state index is -0.786. The average Bonchev–Trinajstić information content (AvgIpc) is 3.25. The standard InChI is InChI=1S/C19H20Br2N2O3/c1-9(17(24)22-8-10-5-3-2-4-6-10)23-18(25)13-11-7-12(14(13)19(23)26)16(21)15(11)20/h2-6,9,11-16H,7-8H2,1H3,(H,22,24)/t9-,11-,12+,13+,14-,15-,16-/m1/s1. The van der Waals surface area contributed by atoms with Gasteiger partial charge < -0.3 is 5.32 Å². The van der Waals surface area contributed by atoms with E-state index >= 15 is 0 Å². The number of carbonyl (C=O) groups excluding carboxylic acids is 3. The van der Waals surface area contributed by atoms with Crippen molar-refractivity contribution in [1.29, 1.82) is 0 Å². The van der Waals surface area contributed by atoms with Crippen molar-refractivity contribution in [3.63, 3.8) is 0 Å². The predicted molar refractivity (Wildman–Crippen MR) is 104 cm³/mol. The molecule has 1 aromatic carbocycles. The third kappa shape index (κ3) is 2.66. The Balaban J connectivity index is 1.47. The van der Waals surface area contributed by atoms with Gasteiger partial charge in [-0.3, -0.25) is 19.3 Å². The lowest BCUT2D eigenvalue weighted by molar-refractivity contribution is -0.148. The van der Waals surface area contributed by atoms with Crippen LogP contribution in [-0.4, -0.2) is 38.3 Å². The Morgan fingerprint density at radius 3 is 2.19 bits per heavy atom. The molecular weight excluding hydrogens is 464 g/mol. The first-order valence-corrected chi connectivity index (χ1v) is 10.7. The summed E-state index contributed by atoms with van der Waals surface area (Å²) < 4.78 is 0. The minimum Gasteiger partial charge on any atom is -0.350 e. The van der Waals surface area contributed by atoms with Crippen molar-refractivity contribution in [3.05, 3.63) is 35.9 Å². The molecule has 1 heterocycles. The topological polar surface area (TPSA) is 66.5 Å². The number of imide groups is 1. The summed E-state index contributed by atoms with van der Waals surface area (Å²) in [6.45, 7) is 2.02. The Kier molecular flexibility index (Phi) is 4.72. The number of benzene rings is 1. The summed E-state index contributed by atoms with van der Waals surface area (Å²) in [7, 11) is 0. The molecule has 7 atom stereocenters. The van der Waals surface area contributed by atoms with Crippen LogP contribution in [0.15, 0.2) is 30.3 Å². The zero-order valence-corrected chi connectivity index (χ0v) is 17.4. The molecule has 7 heteroatoms. The first-order valence-electron chi connectivity index (χ1n) is 8.88. The molecule has 3 amide bonds. The molecule has 2 bridgehead atoms. The minimum absolute atomic E-state index is 0.162. The second kappa shape index (κ2) is 6.75. The lowest BCUT2D eigenvalue weighted by Gasteiger charge is -2.28. The number of fused-ring (bicyclic) bond motifs is 5. The highest BCUT2D eigenvalue weighted by molar-refractivity contribution is 9.12. The smallest absolute Gasteiger partial charge is 0.243 e. The van der Waals surface area contributed by atoms with E-state index in [1.54, 1.807) is 6.92 Å². The van der Waals surface area contributed by atoms with Gasteiger partial charge in [0.1, 0.15) is 6.04 Å². The van der Waals surface area contributed by atoms with Crippen molar-refractivity contribution < 1.29 is 14.4 Å². The lowest BCUT2D eigenvalue weighted by atomic mass is 9.81. The molecule has 3 fully saturated rings. The summed E-state index contributed by atoms with van der Waals surface area (Å²) in [6.07, 6.45) is 0.890. The zero-order valence-electron chi connectivity index (χ0n) is 14.3. The number of likely N-dealkylation sites (tertiary alicyclic amines) is 1. The molecule has 2 aliphatic carbocycles. The summed E-state index contributed by atoms with van der Waals surface area (Å²) in [5.74, 6) is -0.901. The van der Waals surface area contributed by atoms with Crippen LogP contribution in [0.1, 0.15) is 18.9 Å². The first kappa shape index (κ1) is 18.2. The number of hydrogen-bond acceptors (Lipinski definition) is 3. The molecule has 2 saturated carbocycles. The normalized spacial score (nSPS) is 36.3. The van der Waals surface area contributed by atoms with Crippen LogP contribution in [0.3, 0.4) is 0 Å². The SMILES string of the molecule is C[C@H](C(=O)NCc1ccccc1)N1C(=O)[C@@H]2[C@@H]3C[C@@H]([C@@H](Br)[C@@H]3Br)[C@@H]2C1=O. The molecule has 5 nitrogen and oxygen atoms in total. The van der Waals surface area contributed by atoms with Gasteiger partial charge in [-0.2, -0.15) is 0 Å². The maximum absolute atomic E-state index is 12.9. The van der Waals surface area contributed by atoms with E-state index in [0.29, 0.717) is 6.54 Å². The molecule has 4 rings (SSSR count). The van der Waals surface area contributed by atoms with Crippen LogP contribution in [0.4, 0.5) is 0 Å². The fraction of sp³-hybridized carbons (Fsp3) is 0.526. The fourth-order valence-corrected chi connectivity index (χ4v) is 6.68. The predicted octanol–water partition coefficient (Wildman–Crippen LogP) is 2.47. The van der Waals surface area contributed by atoms with Gasteiger partial charge in [0.2, 0.25) is 17.7 Å². The van der Waals surface area contributed by atoms with E-state index in [1.165, 1.54) is 4.90 Å². The Bertz CT molecular complexity index is 724. The summed E-state index contributed by atoms with van der Waals surface area (Å²) in [5.41, 5.74) is 0.978. The Morgan fingerprint density at radius 1 is 1.12 bits per heavy atom. The van der Waals surface area contributed by atoms with Crippen molar-refractivity contribution in [2.24, 2.45) is 23.7 Å². The fourth-order valence-electron chi connectivity index (χ4n) is 4.80. The molecule has 1 aliphatic heterocycles. The molecule has 138 valence electrons. The summed E-state index contributed by atoms with van der Waals surface area (Å²) in [5, 5.41) is 2.83. The molecule has 1 N–H and O–H groups in total. The monoisotopic (exact) mass is 482 g/mol. The second-order valence-corrected chi connectivity index (χ2v) is 9.54. The number of nitrogens with one attached hydrogen (secondary N) is 1. The Morgan fingerprint density at radius 2 is 1.65 bits per heavy atom. The van der Waals surface area contributed by atoms with Gasteiger partial charge in [-0.1, -0.05) is 62.2 Å². The van der Waals surface area contributed by atoms with Crippen molar-refractivity contribution in [2.75, 3.05) is 0 Å². The molecule has 1 saturated heterocycles. The maximum Gasteiger partial charge on any atom is 0.243 e. The second-order valence-electron chi connectivity index (χ2n) is 7.43. The van der Waals surface area contributed by atoms with Gasteiger partial charge in [-0.25, -0.2) is 0 Å². The number of alkyl halides is 2. The average molecular weight is 484 g/mol. The molecule has 3 aliphatic rings. The van der Waals surface area contributed by atoms with Crippen LogP contribution < -0.4 is 5.32 Å². The molecule has 0 aromatic heterocycles. The number of halogens is 2. The quantitative estimate of drug-likeness (QED) is 0.528. The molecule has 26 heavy (non-hydrogen) atoms. The van der Waals surface area contributed by atoms with Gasteiger partial charge in [0.05, 0.1) is 11.8 Å². The van der Waals surface area contributed by atoms with Gasteiger partial charge in [-0.15, -0.1) is 0 Å². The van der Waals surface area contributed by atoms with Gasteiger partial charge >= 0.3 is 0 Å². The van der Waals surface area contributed by atoms with Gasteiger partial charge in [0.25, 0.3) is 0 Å². The first-order chi connectivity index (χ1) is 12.4. The molecular formula is C19H20Br2N2O3. The lowest BCUT2D eigenvalue weighted by Crippen LogP contribution is -2.48. The maximum atomic E-state index is 12.9. The van der Waals surface area contributed by atoms with Crippen LogP contribution in [0.25, 0.3) is 0 Å². The van der Waals surface area contributed by atoms with Crippen molar-refractivity contribution >= 4 is 49.6 Å². The Hall–Kier alpha value is -1.21. The van der Waals surface area contributed by atoms with Crippen LogP contribution in [0, 0.1) is 23.7 Å². The Labute approximate surface area is 169 Å². The zero-order chi connectivity index (χ0) is 18.6. The number of carbonyl (C=O) groups is 3.